The molecular weight excluding hydrogens is 389 g/mol. The minimum Gasteiger partial charge on any atom is -0.492 e. The summed E-state index contributed by atoms with van der Waals surface area (Å²) in [6.45, 7) is 1.63. The number of aliphatic hydroxyl groups is 1. The third kappa shape index (κ3) is 8.73. The van der Waals surface area contributed by atoms with Gasteiger partial charge in [0.1, 0.15) is 19.0 Å². The number of rotatable bonds is 11. The van der Waals surface area contributed by atoms with Gasteiger partial charge in [-0.2, -0.15) is 0 Å². The summed E-state index contributed by atoms with van der Waals surface area (Å²) < 4.78 is 10.5. The smallest absolute Gasteiger partial charge is 0.162 e. The predicted molar refractivity (Wildman–Crippen MR) is 109 cm³/mol. The summed E-state index contributed by atoms with van der Waals surface area (Å²) in [4.78, 5) is 11.5. The molecule has 148 valence electrons. The van der Waals surface area contributed by atoms with E-state index in [1.54, 1.807) is 12.1 Å². The van der Waals surface area contributed by atoms with Gasteiger partial charge in [-0.15, -0.1) is 12.4 Å². The molecular formula is C20H25Cl2NO4. The van der Waals surface area contributed by atoms with Crippen LogP contribution in [-0.2, 0) is 16.0 Å². The first-order chi connectivity index (χ1) is 12.6. The lowest BCUT2D eigenvalue weighted by molar-refractivity contribution is -0.121. The zero-order chi connectivity index (χ0) is 18.8. The van der Waals surface area contributed by atoms with Crippen LogP contribution in [0.5, 0.6) is 5.75 Å². The van der Waals surface area contributed by atoms with E-state index in [2.05, 4.69) is 5.32 Å². The lowest BCUT2D eigenvalue weighted by Crippen LogP contribution is -2.26. The number of benzene rings is 2. The van der Waals surface area contributed by atoms with Gasteiger partial charge in [0.25, 0.3) is 0 Å². The van der Waals surface area contributed by atoms with Gasteiger partial charge in [0.05, 0.1) is 6.10 Å². The van der Waals surface area contributed by atoms with Gasteiger partial charge in [-0.25, -0.2) is 0 Å². The SMILES string of the molecule is COCC(=O)Cc1ccc(OCCNCC(O)c2cccc(Cl)c2)cc1.Cl. The maximum absolute atomic E-state index is 11.5. The van der Waals surface area contributed by atoms with Gasteiger partial charge in [0.15, 0.2) is 5.78 Å². The Bertz CT molecular complexity index is 695. The van der Waals surface area contributed by atoms with Crippen molar-refractivity contribution in [3.05, 3.63) is 64.7 Å². The zero-order valence-electron chi connectivity index (χ0n) is 15.2. The Morgan fingerprint density at radius 3 is 2.63 bits per heavy atom. The van der Waals surface area contributed by atoms with Crippen molar-refractivity contribution in [1.29, 1.82) is 0 Å². The number of Topliss-reactive ketones (excluding diaryl/α,β-unsaturated/α-hetero) is 1. The van der Waals surface area contributed by atoms with Crippen LogP contribution in [0.25, 0.3) is 0 Å². The Hall–Kier alpha value is -1.63. The molecule has 2 aromatic rings. The van der Waals surface area contributed by atoms with Crippen LogP contribution in [-0.4, -0.2) is 44.3 Å². The van der Waals surface area contributed by atoms with Crippen LogP contribution in [0.3, 0.4) is 0 Å². The second-order valence-electron chi connectivity index (χ2n) is 5.92. The van der Waals surface area contributed by atoms with Crippen molar-refractivity contribution in [3.8, 4) is 5.75 Å². The summed E-state index contributed by atoms with van der Waals surface area (Å²) >= 11 is 5.92. The molecule has 27 heavy (non-hydrogen) atoms. The highest BCUT2D eigenvalue weighted by molar-refractivity contribution is 6.30. The number of carbonyl (C=O) groups is 1. The first-order valence-corrected chi connectivity index (χ1v) is 8.83. The molecule has 0 spiro atoms. The van der Waals surface area contributed by atoms with Crippen molar-refractivity contribution in [2.75, 3.05) is 33.4 Å². The molecule has 0 fully saturated rings. The zero-order valence-corrected chi connectivity index (χ0v) is 16.8. The Morgan fingerprint density at radius 2 is 1.96 bits per heavy atom. The van der Waals surface area contributed by atoms with Crippen molar-refractivity contribution in [2.45, 2.75) is 12.5 Å². The van der Waals surface area contributed by atoms with E-state index in [0.29, 0.717) is 31.1 Å². The fourth-order valence-electron chi connectivity index (χ4n) is 2.45. The number of ketones is 1. The van der Waals surface area contributed by atoms with Crippen LogP contribution in [0, 0.1) is 0 Å². The standard InChI is InChI=1S/C20H24ClNO4.ClH/c1-25-14-18(23)11-15-5-7-19(8-6-15)26-10-9-22-13-20(24)16-3-2-4-17(21)12-16;/h2-8,12,20,22,24H,9-11,13-14H2,1H3;1H. The third-order valence-electron chi connectivity index (χ3n) is 3.75. The fourth-order valence-corrected chi connectivity index (χ4v) is 2.65. The molecule has 0 aliphatic rings. The average Bonchev–Trinajstić information content (AvgIpc) is 2.63. The monoisotopic (exact) mass is 413 g/mol. The number of carbonyl (C=O) groups excluding carboxylic acids is 1. The molecule has 1 unspecified atom stereocenters. The predicted octanol–water partition coefficient (Wildman–Crippen LogP) is 3.22. The first-order valence-electron chi connectivity index (χ1n) is 8.45. The molecule has 2 aromatic carbocycles. The molecule has 2 rings (SSSR count). The van der Waals surface area contributed by atoms with Gasteiger partial charge in [0, 0.05) is 31.6 Å². The van der Waals surface area contributed by atoms with E-state index in [1.165, 1.54) is 7.11 Å². The number of ether oxygens (including phenoxy) is 2. The number of halogens is 2. The van der Waals surface area contributed by atoms with Crippen LogP contribution >= 0.6 is 24.0 Å². The molecule has 0 aliphatic carbocycles. The Kier molecular flexibility index (Phi) is 11.0. The molecule has 0 radical (unpaired) electrons. The van der Waals surface area contributed by atoms with E-state index in [4.69, 9.17) is 21.1 Å². The molecule has 5 nitrogen and oxygen atoms in total. The average molecular weight is 414 g/mol. The number of nitrogens with one attached hydrogen (secondary N) is 1. The molecule has 1 atom stereocenters. The summed E-state index contributed by atoms with van der Waals surface area (Å²) in [6.07, 6.45) is -0.255. The molecule has 7 heteroatoms. The minimum atomic E-state index is -0.613. The van der Waals surface area contributed by atoms with Crippen LogP contribution in [0.15, 0.2) is 48.5 Å². The number of hydrogen-bond acceptors (Lipinski definition) is 5. The Morgan fingerprint density at radius 1 is 1.22 bits per heavy atom. The molecule has 2 N–H and O–H groups in total. The maximum Gasteiger partial charge on any atom is 0.162 e. The molecule has 0 aliphatic heterocycles. The van der Waals surface area contributed by atoms with Gasteiger partial charge in [-0.1, -0.05) is 35.9 Å². The molecule has 0 heterocycles. The van der Waals surface area contributed by atoms with Crippen molar-refractivity contribution >= 4 is 29.8 Å². The highest BCUT2D eigenvalue weighted by Gasteiger charge is 2.07. The van der Waals surface area contributed by atoms with Crippen molar-refractivity contribution < 1.29 is 19.4 Å². The van der Waals surface area contributed by atoms with Gasteiger partial charge < -0.3 is 19.9 Å². The highest BCUT2D eigenvalue weighted by Crippen LogP contribution is 2.17. The van der Waals surface area contributed by atoms with E-state index in [9.17, 15) is 9.90 Å². The summed E-state index contributed by atoms with van der Waals surface area (Å²) in [5, 5.41) is 13.9. The second kappa shape index (κ2) is 12.7. The van der Waals surface area contributed by atoms with Gasteiger partial charge in [0.2, 0.25) is 0 Å². The summed E-state index contributed by atoms with van der Waals surface area (Å²) in [7, 11) is 1.51. The summed E-state index contributed by atoms with van der Waals surface area (Å²) in [5.74, 6) is 0.786. The van der Waals surface area contributed by atoms with Crippen LogP contribution in [0.1, 0.15) is 17.2 Å². The molecule has 0 bridgehead atoms. The van der Waals surface area contributed by atoms with E-state index in [1.807, 2.05) is 36.4 Å². The molecule has 0 aromatic heterocycles. The largest absolute Gasteiger partial charge is 0.492 e. The van der Waals surface area contributed by atoms with E-state index < -0.39 is 6.10 Å². The van der Waals surface area contributed by atoms with Crippen molar-refractivity contribution in [1.82, 2.24) is 5.32 Å². The van der Waals surface area contributed by atoms with Crippen molar-refractivity contribution in [2.24, 2.45) is 0 Å². The Balaban J connectivity index is 0.00000364. The van der Waals surface area contributed by atoms with Crippen molar-refractivity contribution in [3.63, 3.8) is 0 Å². The highest BCUT2D eigenvalue weighted by atomic mass is 35.5. The fraction of sp³-hybridized carbons (Fsp3) is 0.350. The lowest BCUT2D eigenvalue weighted by Gasteiger charge is -2.13. The molecule has 0 saturated heterocycles. The topological polar surface area (TPSA) is 67.8 Å². The first kappa shape index (κ1) is 23.4. The molecule has 0 amide bonds. The van der Waals surface area contributed by atoms with E-state index in [-0.39, 0.29) is 24.8 Å². The Labute approximate surface area is 171 Å². The number of hydrogen-bond donors (Lipinski definition) is 2. The van der Waals surface area contributed by atoms with Gasteiger partial charge >= 0.3 is 0 Å². The normalized spacial score (nSPS) is 11.5. The lowest BCUT2D eigenvalue weighted by atomic mass is 10.1. The molecule has 0 saturated carbocycles. The number of aliphatic hydroxyl groups excluding tert-OH is 1. The number of methoxy groups -OCH3 is 1. The van der Waals surface area contributed by atoms with E-state index >= 15 is 0 Å². The van der Waals surface area contributed by atoms with Gasteiger partial charge in [-0.05, 0) is 35.4 Å². The van der Waals surface area contributed by atoms with Gasteiger partial charge in [-0.3, -0.25) is 4.79 Å². The summed E-state index contributed by atoms with van der Waals surface area (Å²) in [6, 6.07) is 14.6. The van der Waals surface area contributed by atoms with E-state index in [0.717, 1.165) is 16.9 Å². The maximum atomic E-state index is 11.5. The van der Waals surface area contributed by atoms with Crippen LogP contribution in [0.2, 0.25) is 5.02 Å². The minimum absolute atomic E-state index is 0. The summed E-state index contributed by atoms with van der Waals surface area (Å²) in [5.41, 5.74) is 1.71. The second-order valence-corrected chi connectivity index (χ2v) is 6.35. The third-order valence-corrected chi connectivity index (χ3v) is 3.98. The van der Waals surface area contributed by atoms with Crippen LogP contribution < -0.4 is 10.1 Å². The quantitative estimate of drug-likeness (QED) is 0.553. The van der Waals surface area contributed by atoms with Crippen LogP contribution in [0.4, 0.5) is 0 Å².